The Labute approximate surface area is 211 Å². The van der Waals surface area contributed by atoms with Crippen LogP contribution in [0, 0.1) is 17.7 Å². The van der Waals surface area contributed by atoms with Crippen molar-refractivity contribution in [2.24, 2.45) is 0 Å². The highest BCUT2D eigenvalue weighted by molar-refractivity contribution is 5.78. The first kappa shape index (κ1) is 24.2. The van der Waals surface area contributed by atoms with E-state index in [0.29, 0.717) is 18.5 Å². The van der Waals surface area contributed by atoms with Crippen molar-refractivity contribution in [1.29, 1.82) is 0 Å². The second-order valence-electron chi connectivity index (χ2n) is 9.51. The van der Waals surface area contributed by atoms with E-state index in [0.717, 1.165) is 42.6 Å². The minimum absolute atomic E-state index is 0.0422. The summed E-state index contributed by atoms with van der Waals surface area (Å²) >= 11 is 0. The van der Waals surface area contributed by atoms with Crippen LogP contribution in [-0.4, -0.2) is 64.1 Å². The molecular weight excluding hydrogens is 453 g/mol. The summed E-state index contributed by atoms with van der Waals surface area (Å²) < 4.78 is 13.9. The molecule has 3 heterocycles. The number of fused-ring (bicyclic) bond motifs is 1. The fraction of sp³-hybridized carbons (Fsp3) is 0.333. The largest absolute Gasteiger partial charge is 0.395 e. The molecule has 2 saturated heterocycles. The SMILES string of the molecule is O=C(Cc1ccncc1)N1CCCCN2[C@H](CO)[C@@H](c3ccc(C#Cc4ccccc4F)cc3)[C@H]2C1. The molecule has 2 aromatic carbocycles. The molecule has 2 fully saturated rings. The fourth-order valence-corrected chi connectivity index (χ4v) is 5.44. The number of aliphatic hydroxyl groups is 1. The lowest BCUT2D eigenvalue weighted by molar-refractivity contribution is -0.135. The van der Waals surface area contributed by atoms with Gasteiger partial charge in [-0.1, -0.05) is 36.1 Å². The summed E-state index contributed by atoms with van der Waals surface area (Å²) in [6.07, 6.45) is 5.78. The molecule has 0 saturated carbocycles. The van der Waals surface area contributed by atoms with Crippen molar-refractivity contribution in [3.63, 3.8) is 0 Å². The maximum atomic E-state index is 13.9. The van der Waals surface area contributed by atoms with Crippen molar-refractivity contribution in [3.05, 3.63) is 101 Å². The summed E-state index contributed by atoms with van der Waals surface area (Å²) in [7, 11) is 0. The number of halogens is 1. The normalized spacial score (nSPS) is 21.8. The Morgan fingerprint density at radius 2 is 1.75 bits per heavy atom. The van der Waals surface area contributed by atoms with Gasteiger partial charge in [-0.2, -0.15) is 0 Å². The van der Waals surface area contributed by atoms with E-state index >= 15 is 0 Å². The Bertz CT molecular complexity index is 1250. The van der Waals surface area contributed by atoms with Gasteiger partial charge in [-0.3, -0.25) is 14.7 Å². The molecule has 3 aromatic rings. The van der Waals surface area contributed by atoms with E-state index < -0.39 is 0 Å². The molecule has 0 spiro atoms. The minimum atomic E-state index is -0.325. The first-order valence-corrected chi connectivity index (χ1v) is 12.5. The molecule has 0 aliphatic carbocycles. The molecule has 5 rings (SSSR count). The van der Waals surface area contributed by atoms with Crippen LogP contribution in [0.15, 0.2) is 73.1 Å². The third-order valence-corrected chi connectivity index (χ3v) is 7.34. The van der Waals surface area contributed by atoms with Crippen LogP contribution in [0.25, 0.3) is 0 Å². The van der Waals surface area contributed by atoms with E-state index in [1.54, 1.807) is 30.6 Å². The number of carbonyl (C=O) groups is 1. The Hall–Kier alpha value is -3.53. The highest BCUT2D eigenvalue weighted by atomic mass is 19.1. The van der Waals surface area contributed by atoms with Crippen LogP contribution in [0.4, 0.5) is 4.39 Å². The van der Waals surface area contributed by atoms with Crippen molar-refractivity contribution >= 4 is 5.91 Å². The maximum absolute atomic E-state index is 13.9. The lowest BCUT2D eigenvalue weighted by Gasteiger charge is -2.57. The van der Waals surface area contributed by atoms with Crippen molar-refractivity contribution in [2.45, 2.75) is 37.3 Å². The summed E-state index contributed by atoms with van der Waals surface area (Å²) in [5, 5.41) is 10.2. The quantitative estimate of drug-likeness (QED) is 0.576. The highest BCUT2D eigenvalue weighted by Gasteiger charge is 2.49. The number of amides is 1. The zero-order valence-corrected chi connectivity index (χ0v) is 20.2. The molecule has 3 atom stereocenters. The van der Waals surface area contributed by atoms with Gasteiger partial charge in [0, 0.05) is 49.0 Å². The van der Waals surface area contributed by atoms with Crippen LogP contribution in [0.2, 0.25) is 0 Å². The van der Waals surface area contributed by atoms with Gasteiger partial charge in [0.15, 0.2) is 0 Å². The zero-order chi connectivity index (χ0) is 24.9. The van der Waals surface area contributed by atoms with E-state index in [-0.39, 0.29) is 36.3 Å². The summed E-state index contributed by atoms with van der Waals surface area (Å²) in [4.78, 5) is 21.6. The second-order valence-corrected chi connectivity index (χ2v) is 9.51. The van der Waals surface area contributed by atoms with Crippen molar-refractivity contribution in [2.75, 3.05) is 26.2 Å². The van der Waals surface area contributed by atoms with Gasteiger partial charge >= 0.3 is 0 Å². The van der Waals surface area contributed by atoms with Crippen molar-refractivity contribution < 1.29 is 14.3 Å². The topological polar surface area (TPSA) is 56.7 Å². The molecular formula is C30H30FN3O2. The molecule has 184 valence electrons. The lowest BCUT2D eigenvalue weighted by atomic mass is 9.74. The van der Waals surface area contributed by atoms with Crippen LogP contribution in [0.5, 0.6) is 0 Å². The van der Waals surface area contributed by atoms with E-state index in [4.69, 9.17) is 0 Å². The molecule has 5 nitrogen and oxygen atoms in total. The highest BCUT2D eigenvalue weighted by Crippen LogP contribution is 2.42. The monoisotopic (exact) mass is 483 g/mol. The number of hydrogen-bond donors (Lipinski definition) is 1. The van der Waals surface area contributed by atoms with Gasteiger partial charge in [-0.25, -0.2) is 4.39 Å². The first-order valence-electron chi connectivity index (χ1n) is 12.5. The molecule has 2 aliphatic heterocycles. The Balaban J connectivity index is 1.32. The van der Waals surface area contributed by atoms with Crippen LogP contribution in [0.1, 0.15) is 41.0 Å². The number of pyridine rings is 1. The van der Waals surface area contributed by atoms with E-state index in [2.05, 4.69) is 33.9 Å². The minimum Gasteiger partial charge on any atom is -0.395 e. The van der Waals surface area contributed by atoms with Crippen molar-refractivity contribution in [1.82, 2.24) is 14.8 Å². The average Bonchev–Trinajstić information content (AvgIpc) is 2.88. The third kappa shape index (κ3) is 5.18. The van der Waals surface area contributed by atoms with Gasteiger partial charge in [-0.05, 0) is 66.9 Å². The van der Waals surface area contributed by atoms with E-state index in [1.165, 1.54) is 6.07 Å². The third-order valence-electron chi connectivity index (χ3n) is 7.34. The number of aromatic nitrogens is 1. The molecule has 1 amide bonds. The predicted molar refractivity (Wildman–Crippen MR) is 137 cm³/mol. The van der Waals surface area contributed by atoms with Crippen LogP contribution >= 0.6 is 0 Å². The number of hydrogen-bond acceptors (Lipinski definition) is 4. The van der Waals surface area contributed by atoms with Gasteiger partial charge in [0.05, 0.1) is 18.6 Å². The van der Waals surface area contributed by atoms with Crippen LogP contribution < -0.4 is 0 Å². The molecule has 0 bridgehead atoms. The average molecular weight is 484 g/mol. The molecule has 6 heteroatoms. The van der Waals surface area contributed by atoms with Crippen molar-refractivity contribution in [3.8, 4) is 11.8 Å². The maximum Gasteiger partial charge on any atom is 0.227 e. The van der Waals surface area contributed by atoms with Gasteiger partial charge in [0.2, 0.25) is 5.91 Å². The lowest BCUT2D eigenvalue weighted by Crippen LogP contribution is -2.68. The number of benzene rings is 2. The summed E-state index contributed by atoms with van der Waals surface area (Å²) in [5.41, 5.74) is 3.29. The molecule has 2 aliphatic rings. The van der Waals surface area contributed by atoms with Crippen LogP contribution in [0.3, 0.4) is 0 Å². The molecule has 0 radical (unpaired) electrons. The summed E-state index contributed by atoms with van der Waals surface area (Å²) in [6, 6.07) is 18.5. The van der Waals surface area contributed by atoms with Gasteiger partial charge in [0.25, 0.3) is 0 Å². The smallest absolute Gasteiger partial charge is 0.227 e. The Morgan fingerprint density at radius 3 is 2.50 bits per heavy atom. The molecule has 0 unspecified atom stereocenters. The first-order chi connectivity index (χ1) is 17.6. The molecule has 1 aromatic heterocycles. The summed E-state index contributed by atoms with van der Waals surface area (Å²) in [5.74, 6) is 5.89. The van der Waals surface area contributed by atoms with Gasteiger partial charge in [-0.15, -0.1) is 0 Å². The number of aliphatic hydroxyl groups excluding tert-OH is 1. The zero-order valence-electron chi connectivity index (χ0n) is 20.2. The second kappa shape index (κ2) is 11.0. The van der Waals surface area contributed by atoms with Gasteiger partial charge < -0.3 is 10.0 Å². The molecule has 36 heavy (non-hydrogen) atoms. The van der Waals surface area contributed by atoms with Crippen LogP contribution in [-0.2, 0) is 11.2 Å². The Kier molecular flexibility index (Phi) is 7.41. The number of carbonyl (C=O) groups excluding carboxylic acids is 1. The van der Waals surface area contributed by atoms with E-state index in [9.17, 15) is 14.3 Å². The number of nitrogens with zero attached hydrogens (tertiary/aromatic N) is 3. The Morgan fingerprint density at radius 1 is 1.00 bits per heavy atom. The fourth-order valence-electron chi connectivity index (χ4n) is 5.44. The van der Waals surface area contributed by atoms with E-state index in [1.807, 2.05) is 29.2 Å². The predicted octanol–water partition coefficient (Wildman–Crippen LogP) is 3.61. The van der Waals surface area contributed by atoms with Gasteiger partial charge in [0.1, 0.15) is 5.82 Å². The standard InChI is InChI=1S/C30H30FN3O2/c31-26-6-2-1-5-24(26)10-7-22-8-11-25(12-9-22)30-27-20-33(17-3-4-18-34(27)28(30)21-35)29(36)19-23-13-15-32-16-14-23/h1-2,5-6,8-9,11-16,27-28,30,35H,3-4,17-21H2/t27-,28-,30+/m1/s1. The molecule has 1 N–H and O–H groups in total. The summed E-state index contributed by atoms with van der Waals surface area (Å²) in [6.45, 7) is 2.43. The number of rotatable bonds is 4.